The molecule has 1 aromatic rings. The van der Waals surface area contributed by atoms with Gasteiger partial charge in [-0.2, -0.15) is 13.2 Å². The quantitative estimate of drug-likeness (QED) is 0.777. The van der Waals surface area contributed by atoms with Gasteiger partial charge < -0.3 is 0 Å². The monoisotopic (exact) mass is 242 g/mol. The zero-order valence-electron chi connectivity index (χ0n) is 7.11. The van der Waals surface area contributed by atoms with Crippen LogP contribution in [0.4, 0.5) is 13.2 Å². The largest absolute Gasteiger partial charge is 0.450 e. The molecule has 0 spiro atoms. The molecule has 0 aliphatic heterocycles. The molecular weight excluding hydrogens is 237 g/mol. The molecule has 0 aromatic carbocycles. The maximum absolute atomic E-state index is 11.9. The Balaban J connectivity index is 2.80. The molecule has 0 fully saturated rings. The molecule has 0 atom stereocenters. The summed E-state index contributed by atoms with van der Waals surface area (Å²) in [7, 11) is 0. The van der Waals surface area contributed by atoms with Gasteiger partial charge in [-0.25, -0.2) is 0 Å². The lowest BCUT2D eigenvalue weighted by atomic mass is 10.2. The number of ketones is 1. The molecule has 78 valence electrons. The maximum Gasteiger partial charge on any atom is 0.450 e. The molecule has 1 aromatic heterocycles. The molecule has 0 aliphatic carbocycles. The number of rotatable bonds is 2. The molecule has 6 heteroatoms. The predicted octanol–water partition coefficient (Wildman–Crippen LogP) is 3.38. The number of alkyl halides is 3. The maximum atomic E-state index is 11.9. The highest BCUT2D eigenvalue weighted by atomic mass is 35.5. The minimum absolute atomic E-state index is 0.257. The standard InChI is InChI=1S/C8H6ClF3OS/c1-4-3-14-5(7(4)9)2-6(13)8(10,11)12/h3H,2H2,1H3. The first-order chi connectivity index (χ1) is 6.32. The van der Waals surface area contributed by atoms with Gasteiger partial charge in [0.2, 0.25) is 5.78 Å². The number of Topliss-reactive ketones (excluding diaryl/α,β-unsaturated/α-hetero) is 1. The Morgan fingerprint density at radius 2 is 2.14 bits per heavy atom. The zero-order valence-corrected chi connectivity index (χ0v) is 8.69. The van der Waals surface area contributed by atoms with Gasteiger partial charge in [0, 0.05) is 4.88 Å². The average Bonchev–Trinajstić information content (AvgIpc) is 2.34. The van der Waals surface area contributed by atoms with Crippen molar-refractivity contribution in [3.8, 4) is 0 Å². The molecule has 0 amide bonds. The first kappa shape index (κ1) is 11.5. The number of hydrogen-bond donors (Lipinski definition) is 0. The Morgan fingerprint density at radius 3 is 2.50 bits per heavy atom. The summed E-state index contributed by atoms with van der Waals surface area (Å²) in [4.78, 5) is 10.9. The van der Waals surface area contributed by atoms with Crippen LogP contribution in [-0.2, 0) is 11.2 Å². The summed E-state index contributed by atoms with van der Waals surface area (Å²) >= 11 is 6.76. The Labute approximate surface area is 87.5 Å². The van der Waals surface area contributed by atoms with E-state index in [2.05, 4.69) is 0 Å². The van der Waals surface area contributed by atoms with Gasteiger partial charge in [-0.15, -0.1) is 11.3 Å². The minimum Gasteiger partial charge on any atom is -0.289 e. The van der Waals surface area contributed by atoms with E-state index in [9.17, 15) is 18.0 Å². The van der Waals surface area contributed by atoms with E-state index in [0.29, 0.717) is 5.56 Å². The van der Waals surface area contributed by atoms with E-state index in [0.717, 1.165) is 11.3 Å². The summed E-state index contributed by atoms with van der Waals surface area (Å²) < 4.78 is 35.7. The van der Waals surface area contributed by atoms with Crippen LogP contribution in [0.15, 0.2) is 5.38 Å². The van der Waals surface area contributed by atoms with Crippen molar-refractivity contribution in [2.75, 3.05) is 0 Å². The van der Waals surface area contributed by atoms with Crippen molar-refractivity contribution in [3.63, 3.8) is 0 Å². The molecule has 0 aliphatic rings. The van der Waals surface area contributed by atoms with E-state index < -0.39 is 18.4 Å². The SMILES string of the molecule is Cc1csc(CC(=O)C(F)(F)F)c1Cl. The highest BCUT2D eigenvalue weighted by Crippen LogP contribution is 2.29. The van der Waals surface area contributed by atoms with Crippen molar-refractivity contribution in [1.82, 2.24) is 0 Å². The van der Waals surface area contributed by atoms with Crippen LogP contribution in [0.3, 0.4) is 0 Å². The highest BCUT2D eigenvalue weighted by molar-refractivity contribution is 7.10. The van der Waals surface area contributed by atoms with Crippen molar-refractivity contribution >= 4 is 28.7 Å². The number of aryl methyl sites for hydroxylation is 1. The molecule has 0 bridgehead atoms. The Hall–Kier alpha value is -0.550. The topological polar surface area (TPSA) is 17.1 Å². The molecular formula is C8H6ClF3OS. The normalized spacial score (nSPS) is 11.8. The van der Waals surface area contributed by atoms with Crippen LogP contribution in [0, 0.1) is 6.92 Å². The average molecular weight is 243 g/mol. The zero-order chi connectivity index (χ0) is 10.9. The number of thiophene rings is 1. The molecule has 0 saturated heterocycles. The van der Waals surface area contributed by atoms with Crippen molar-refractivity contribution in [1.29, 1.82) is 0 Å². The number of hydrogen-bond acceptors (Lipinski definition) is 2. The van der Waals surface area contributed by atoms with Gasteiger partial charge in [-0.3, -0.25) is 4.79 Å². The molecule has 0 unspecified atom stereocenters. The summed E-state index contributed by atoms with van der Waals surface area (Å²) in [5.74, 6) is -1.76. The lowest BCUT2D eigenvalue weighted by Gasteiger charge is -2.03. The third-order valence-electron chi connectivity index (χ3n) is 1.61. The molecule has 14 heavy (non-hydrogen) atoms. The molecule has 1 nitrogen and oxygen atoms in total. The number of halogens is 4. The van der Waals surface area contributed by atoms with Gasteiger partial charge in [0.1, 0.15) is 0 Å². The number of carbonyl (C=O) groups excluding carboxylic acids is 1. The Morgan fingerprint density at radius 1 is 1.57 bits per heavy atom. The Kier molecular flexibility index (Phi) is 3.21. The third-order valence-corrected chi connectivity index (χ3v) is 3.35. The fourth-order valence-electron chi connectivity index (χ4n) is 0.848. The van der Waals surface area contributed by atoms with Crippen molar-refractivity contribution < 1.29 is 18.0 Å². The fourth-order valence-corrected chi connectivity index (χ4v) is 2.08. The minimum atomic E-state index is -4.78. The second-order valence-electron chi connectivity index (χ2n) is 2.75. The van der Waals surface area contributed by atoms with Crippen LogP contribution >= 0.6 is 22.9 Å². The first-order valence-corrected chi connectivity index (χ1v) is 4.90. The fraction of sp³-hybridized carbons (Fsp3) is 0.375. The van der Waals surface area contributed by atoms with E-state index in [4.69, 9.17) is 11.6 Å². The highest BCUT2D eigenvalue weighted by Gasteiger charge is 2.38. The van der Waals surface area contributed by atoms with Gasteiger partial charge >= 0.3 is 6.18 Å². The van der Waals surface area contributed by atoms with Crippen LogP contribution < -0.4 is 0 Å². The van der Waals surface area contributed by atoms with E-state index in [1.165, 1.54) is 0 Å². The van der Waals surface area contributed by atoms with Crippen LogP contribution in [0.2, 0.25) is 5.02 Å². The lowest BCUT2D eigenvalue weighted by Crippen LogP contribution is -2.24. The molecule has 0 saturated carbocycles. The van der Waals surface area contributed by atoms with Gasteiger partial charge in [-0.1, -0.05) is 11.6 Å². The van der Waals surface area contributed by atoms with Crippen LogP contribution in [0.25, 0.3) is 0 Å². The van der Waals surface area contributed by atoms with Gasteiger partial charge in [-0.05, 0) is 17.9 Å². The van der Waals surface area contributed by atoms with Gasteiger partial charge in [0.05, 0.1) is 11.4 Å². The Bertz CT molecular complexity index is 356. The van der Waals surface area contributed by atoms with Crippen LogP contribution in [0.1, 0.15) is 10.4 Å². The third kappa shape index (κ3) is 2.48. The van der Waals surface area contributed by atoms with E-state index in [-0.39, 0.29) is 9.90 Å². The first-order valence-electron chi connectivity index (χ1n) is 3.65. The van der Waals surface area contributed by atoms with Gasteiger partial charge in [0.25, 0.3) is 0 Å². The van der Waals surface area contributed by atoms with Crippen molar-refractivity contribution in [2.45, 2.75) is 19.5 Å². The summed E-state index contributed by atoms with van der Waals surface area (Å²) in [5, 5.41) is 1.88. The second kappa shape index (κ2) is 3.90. The van der Waals surface area contributed by atoms with Crippen molar-refractivity contribution in [3.05, 3.63) is 20.8 Å². The summed E-state index contributed by atoms with van der Waals surface area (Å²) in [5.41, 5.74) is 0.696. The summed E-state index contributed by atoms with van der Waals surface area (Å²) in [6, 6.07) is 0. The predicted molar refractivity (Wildman–Crippen MR) is 48.8 cm³/mol. The molecule has 1 heterocycles. The molecule has 0 N–H and O–H groups in total. The van der Waals surface area contributed by atoms with Gasteiger partial charge in [0.15, 0.2) is 0 Å². The molecule has 0 radical (unpaired) electrons. The van der Waals surface area contributed by atoms with Crippen LogP contribution in [0.5, 0.6) is 0 Å². The number of carbonyl (C=O) groups is 1. The second-order valence-corrected chi connectivity index (χ2v) is 4.10. The summed E-state index contributed by atoms with van der Waals surface area (Å²) in [6.07, 6.45) is -5.44. The summed E-state index contributed by atoms with van der Waals surface area (Å²) in [6.45, 7) is 1.68. The molecule has 1 rings (SSSR count). The lowest BCUT2D eigenvalue weighted by molar-refractivity contribution is -0.170. The van der Waals surface area contributed by atoms with E-state index in [1.807, 2.05) is 0 Å². The van der Waals surface area contributed by atoms with E-state index in [1.54, 1.807) is 12.3 Å². The van der Waals surface area contributed by atoms with Crippen LogP contribution in [-0.4, -0.2) is 12.0 Å². The smallest absolute Gasteiger partial charge is 0.289 e. The van der Waals surface area contributed by atoms with E-state index >= 15 is 0 Å². The van der Waals surface area contributed by atoms with Crippen molar-refractivity contribution in [2.24, 2.45) is 0 Å².